The van der Waals surface area contributed by atoms with Crippen LogP contribution in [0.5, 0.6) is 0 Å². The summed E-state index contributed by atoms with van der Waals surface area (Å²) < 4.78 is 19.4. The predicted molar refractivity (Wildman–Crippen MR) is 220 cm³/mol. The molecule has 0 atom stereocenters. The molecule has 0 N–H and O–H groups in total. The Hall–Kier alpha value is -7.37. The molecule has 8 aromatic carbocycles. The van der Waals surface area contributed by atoms with Gasteiger partial charge in [-0.3, -0.25) is 0 Å². The predicted octanol–water partition coefficient (Wildman–Crippen LogP) is 14.1. The number of hydrogen-bond donors (Lipinski definition) is 0. The first-order valence-electron chi connectivity index (χ1n) is 18.0. The average Bonchev–Trinajstić information content (AvgIpc) is 3.95. The molecule has 5 heteroatoms. The van der Waals surface area contributed by atoms with Crippen LogP contribution in [-0.4, -0.2) is 4.98 Å². The van der Waals surface area contributed by atoms with Gasteiger partial charge in [-0.2, -0.15) is 0 Å². The molecule has 54 heavy (non-hydrogen) atoms. The SMILES string of the molecule is c1ccc(-c2cccc(N(c3ccc(-c4cccc5c4oc4ccccc45)cc3)c3ccc4c(c3)oc3ccc5nc(-c6ccccc6)oc5c34)c2)cc1. The van der Waals surface area contributed by atoms with Crippen molar-refractivity contribution in [3.8, 4) is 33.7 Å². The number of fused-ring (bicyclic) bond motifs is 8. The number of benzene rings is 8. The Bertz CT molecular complexity index is 3160. The Balaban J connectivity index is 1.05. The molecule has 0 fully saturated rings. The number of para-hydroxylation sites is 2. The molecule has 0 aliphatic heterocycles. The van der Waals surface area contributed by atoms with E-state index in [4.69, 9.17) is 18.2 Å². The van der Waals surface area contributed by atoms with Crippen molar-refractivity contribution in [1.82, 2.24) is 4.98 Å². The summed E-state index contributed by atoms with van der Waals surface area (Å²) in [6, 6.07) is 62.8. The van der Waals surface area contributed by atoms with E-state index in [1.807, 2.05) is 60.7 Å². The van der Waals surface area contributed by atoms with Gasteiger partial charge in [0.1, 0.15) is 27.8 Å². The summed E-state index contributed by atoms with van der Waals surface area (Å²) in [4.78, 5) is 7.09. The van der Waals surface area contributed by atoms with E-state index in [1.165, 1.54) is 0 Å². The Labute approximate surface area is 309 Å². The lowest BCUT2D eigenvalue weighted by molar-refractivity contribution is 0.622. The minimum atomic E-state index is 0.591. The number of oxazole rings is 1. The Kier molecular flexibility index (Phi) is 6.79. The van der Waals surface area contributed by atoms with Crippen LogP contribution in [0.4, 0.5) is 17.1 Å². The lowest BCUT2D eigenvalue weighted by Gasteiger charge is -2.26. The zero-order chi connectivity index (χ0) is 35.6. The fourth-order valence-electron chi connectivity index (χ4n) is 7.74. The lowest BCUT2D eigenvalue weighted by atomic mass is 10.0. The van der Waals surface area contributed by atoms with Gasteiger partial charge in [-0.25, -0.2) is 4.98 Å². The molecule has 0 saturated carbocycles. The second-order valence-corrected chi connectivity index (χ2v) is 13.5. The molecule has 11 rings (SSSR count). The molecule has 0 amide bonds. The van der Waals surface area contributed by atoms with Gasteiger partial charge in [0.2, 0.25) is 5.89 Å². The maximum Gasteiger partial charge on any atom is 0.227 e. The Morgan fingerprint density at radius 3 is 1.93 bits per heavy atom. The van der Waals surface area contributed by atoms with E-state index in [2.05, 4.69) is 126 Å². The fourth-order valence-corrected chi connectivity index (χ4v) is 7.74. The first-order chi connectivity index (χ1) is 26.7. The second kappa shape index (κ2) is 12.1. The molecule has 11 aromatic rings. The van der Waals surface area contributed by atoms with E-state index in [0.29, 0.717) is 5.89 Å². The van der Waals surface area contributed by atoms with Crippen molar-refractivity contribution in [2.75, 3.05) is 4.90 Å². The molecule has 0 radical (unpaired) electrons. The molecule has 3 aromatic heterocycles. The minimum Gasteiger partial charge on any atom is -0.456 e. The maximum atomic E-state index is 6.55. The van der Waals surface area contributed by atoms with Crippen molar-refractivity contribution in [2.45, 2.75) is 0 Å². The van der Waals surface area contributed by atoms with Crippen molar-refractivity contribution in [3.05, 3.63) is 182 Å². The van der Waals surface area contributed by atoms with Crippen LogP contribution in [-0.2, 0) is 0 Å². The van der Waals surface area contributed by atoms with Gasteiger partial charge in [-0.15, -0.1) is 0 Å². The van der Waals surface area contributed by atoms with Crippen molar-refractivity contribution in [3.63, 3.8) is 0 Å². The third-order valence-corrected chi connectivity index (χ3v) is 10.3. The van der Waals surface area contributed by atoms with Crippen molar-refractivity contribution < 1.29 is 13.3 Å². The molecule has 0 spiro atoms. The zero-order valence-electron chi connectivity index (χ0n) is 28.9. The van der Waals surface area contributed by atoms with Crippen LogP contribution in [0.25, 0.3) is 88.7 Å². The van der Waals surface area contributed by atoms with Gasteiger partial charge in [-0.05, 0) is 83.4 Å². The van der Waals surface area contributed by atoms with Gasteiger partial charge in [0, 0.05) is 50.4 Å². The van der Waals surface area contributed by atoms with E-state index in [-0.39, 0.29) is 0 Å². The van der Waals surface area contributed by atoms with Crippen molar-refractivity contribution in [1.29, 1.82) is 0 Å². The number of furan rings is 2. The fraction of sp³-hybridized carbons (Fsp3) is 0. The van der Waals surface area contributed by atoms with Crippen LogP contribution in [0.15, 0.2) is 195 Å². The van der Waals surface area contributed by atoms with E-state index < -0.39 is 0 Å². The molecule has 5 nitrogen and oxygen atoms in total. The highest BCUT2D eigenvalue weighted by molar-refractivity contribution is 6.17. The van der Waals surface area contributed by atoms with Crippen LogP contribution in [0.3, 0.4) is 0 Å². The van der Waals surface area contributed by atoms with Crippen LogP contribution in [0.1, 0.15) is 0 Å². The zero-order valence-corrected chi connectivity index (χ0v) is 28.9. The van der Waals surface area contributed by atoms with Crippen LogP contribution in [0.2, 0.25) is 0 Å². The molecular weight excluding hydrogens is 665 g/mol. The maximum absolute atomic E-state index is 6.55. The number of rotatable bonds is 6. The molecule has 3 heterocycles. The summed E-state index contributed by atoms with van der Waals surface area (Å²) in [7, 11) is 0. The first-order valence-corrected chi connectivity index (χ1v) is 18.0. The van der Waals surface area contributed by atoms with Crippen LogP contribution >= 0.6 is 0 Å². The monoisotopic (exact) mass is 694 g/mol. The normalized spacial score (nSPS) is 11.7. The van der Waals surface area contributed by atoms with Crippen LogP contribution in [0, 0.1) is 0 Å². The summed E-state index contributed by atoms with van der Waals surface area (Å²) in [6.07, 6.45) is 0. The summed E-state index contributed by atoms with van der Waals surface area (Å²) in [6.45, 7) is 0. The van der Waals surface area contributed by atoms with E-state index in [1.54, 1.807) is 0 Å². The molecule has 0 saturated heterocycles. The lowest BCUT2D eigenvalue weighted by Crippen LogP contribution is -2.10. The van der Waals surface area contributed by atoms with Crippen LogP contribution < -0.4 is 4.90 Å². The van der Waals surface area contributed by atoms with Gasteiger partial charge in [0.05, 0.1) is 5.39 Å². The van der Waals surface area contributed by atoms with Gasteiger partial charge >= 0.3 is 0 Å². The van der Waals surface area contributed by atoms with Gasteiger partial charge in [0.25, 0.3) is 0 Å². The number of hydrogen-bond acceptors (Lipinski definition) is 5. The molecular formula is C49H30N2O3. The van der Waals surface area contributed by atoms with E-state index >= 15 is 0 Å². The van der Waals surface area contributed by atoms with E-state index in [0.717, 1.165) is 99.9 Å². The average molecular weight is 695 g/mol. The molecule has 0 aliphatic carbocycles. The topological polar surface area (TPSA) is 55.6 Å². The first kappa shape index (κ1) is 30.3. The van der Waals surface area contributed by atoms with Gasteiger partial charge < -0.3 is 18.2 Å². The highest BCUT2D eigenvalue weighted by Gasteiger charge is 2.20. The third-order valence-electron chi connectivity index (χ3n) is 10.3. The second-order valence-electron chi connectivity index (χ2n) is 13.5. The summed E-state index contributed by atoms with van der Waals surface area (Å²) >= 11 is 0. The molecule has 0 unspecified atom stereocenters. The minimum absolute atomic E-state index is 0.591. The van der Waals surface area contributed by atoms with Crippen molar-refractivity contribution >= 4 is 72.0 Å². The molecule has 254 valence electrons. The number of anilines is 3. The quantitative estimate of drug-likeness (QED) is 0.173. The Morgan fingerprint density at radius 2 is 1.07 bits per heavy atom. The van der Waals surface area contributed by atoms with E-state index in [9.17, 15) is 0 Å². The van der Waals surface area contributed by atoms with Gasteiger partial charge in [0.15, 0.2) is 5.58 Å². The number of aromatic nitrogens is 1. The third kappa shape index (κ3) is 4.90. The molecule has 0 bridgehead atoms. The largest absolute Gasteiger partial charge is 0.456 e. The van der Waals surface area contributed by atoms with Gasteiger partial charge in [-0.1, -0.05) is 109 Å². The highest BCUT2D eigenvalue weighted by atomic mass is 16.4. The Morgan fingerprint density at radius 1 is 0.370 bits per heavy atom. The smallest absolute Gasteiger partial charge is 0.227 e. The molecule has 0 aliphatic rings. The summed E-state index contributed by atoms with van der Waals surface area (Å²) in [5.74, 6) is 0.591. The highest BCUT2D eigenvalue weighted by Crippen LogP contribution is 2.43. The standard InChI is InChI=1S/C49H30N2O3/c1-3-11-31(12-4-1)34-15-9-16-36(29-34)51(35-23-21-32(22-24-35)38-18-10-19-40-39-17-7-8-20-43(39)53-47(38)40)37-25-26-41-45(30-37)52-44-28-27-42-48(46(41)44)54-49(50-42)33-13-5-2-6-14-33/h1-30H. The summed E-state index contributed by atoms with van der Waals surface area (Å²) in [5.41, 5.74) is 13.2. The van der Waals surface area contributed by atoms with Crippen molar-refractivity contribution in [2.24, 2.45) is 0 Å². The summed E-state index contributed by atoms with van der Waals surface area (Å²) in [5, 5.41) is 4.13. The number of nitrogens with zero attached hydrogens (tertiary/aromatic N) is 2.